The number of benzene rings is 2. The van der Waals surface area contributed by atoms with E-state index in [-0.39, 0.29) is 17.7 Å². The van der Waals surface area contributed by atoms with Gasteiger partial charge in [0, 0.05) is 34.7 Å². The third-order valence-electron chi connectivity index (χ3n) is 4.43. The van der Waals surface area contributed by atoms with Crippen LogP contribution in [0.1, 0.15) is 23.2 Å². The first-order valence-corrected chi connectivity index (χ1v) is 9.79. The molecule has 0 aromatic heterocycles. The van der Waals surface area contributed by atoms with E-state index in [1.165, 1.54) is 0 Å². The van der Waals surface area contributed by atoms with E-state index in [2.05, 4.69) is 21.2 Å². The Hall–Kier alpha value is -1.56. The number of anilines is 1. The molecular weight excluding hydrogens is 439 g/mol. The van der Waals surface area contributed by atoms with Gasteiger partial charge in [0.1, 0.15) is 0 Å². The second-order valence-corrected chi connectivity index (χ2v) is 7.92. The SMILES string of the molecule is O=C(Nc1ccc(Cl)c(Cl)c1)C1CCN(C(=O)c2ccc(Br)cc2)CC1. The monoisotopic (exact) mass is 454 g/mol. The van der Waals surface area contributed by atoms with Crippen molar-refractivity contribution in [3.05, 3.63) is 62.5 Å². The lowest BCUT2D eigenvalue weighted by Gasteiger charge is -2.31. The van der Waals surface area contributed by atoms with Crippen LogP contribution in [0.15, 0.2) is 46.9 Å². The van der Waals surface area contributed by atoms with Crippen molar-refractivity contribution < 1.29 is 9.59 Å². The number of hydrogen-bond acceptors (Lipinski definition) is 2. The second-order valence-electron chi connectivity index (χ2n) is 6.19. The van der Waals surface area contributed by atoms with E-state index in [0.717, 1.165) is 4.47 Å². The average Bonchev–Trinajstić information content (AvgIpc) is 2.65. The lowest BCUT2D eigenvalue weighted by atomic mass is 9.95. The Labute approximate surface area is 170 Å². The fourth-order valence-corrected chi connectivity index (χ4v) is 3.50. The van der Waals surface area contributed by atoms with Crippen molar-refractivity contribution in [3.8, 4) is 0 Å². The van der Waals surface area contributed by atoms with Crippen molar-refractivity contribution in [2.45, 2.75) is 12.8 Å². The van der Waals surface area contributed by atoms with Gasteiger partial charge in [-0.15, -0.1) is 0 Å². The topological polar surface area (TPSA) is 49.4 Å². The highest BCUT2D eigenvalue weighted by atomic mass is 79.9. The maximum absolute atomic E-state index is 12.5. The average molecular weight is 456 g/mol. The minimum absolute atomic E-state index is 0.000779. The Balaban J connectivity index is 1.55. The summed E-state index contributed by atoms with van der Waals surface area (Å²) in [7, 11) is 0. The van der Waals surface area contributed by atoms with Crippen molar-refractivity contribution in [1.82, 2.24) is 4.90 Å². The number of nitrogens with zero attached hydrogens (tertiary/aromatic N) is 1. The molecule has 0 aliphatic carbocycles. The highest BCUT2D eigenvalue weighted by Crippen LogP contribution is 2.26. The van der Waals surface area contributed by atoms with E-state index >= 15 is 0 Å². The summed E-state index contributed by atoms with van der Waals surface area (Å²) in [6.45, 7) is 1.13. The summed E-state index contributed by atoms with van der Waals surface area (Å²) in [5.41, 5.74) is 1.28. The molecule has 2 aromatic carbocycles. The third kappa shape index (κ3) is 4.58. The number of likely N-dealkylation sites (tertiary alicyclic amines) is 1. The van der Waals surface area contributed by atoms with Gasteiger partial charge in [-0.1, -0.05) is 39.1 Å². The summed E-state index contributed by atoms with van der Waals surface area (Å²) >= 11 is 15.2. The van der Waals surface area contributed by atoms with Gasteiger partial charge in [0.05, 0.1) is 10.0 Å². The zero-order chi connectivity index (χ0) is 18.7. The smallest absolute Gasteiger partial charge is 0.253 e. The summed E-state index contributed by atoms with van der Waals surface area (Å²) in [5, 5.41) is 3.72. The molecule has 7 heteroatoms. The molecule has 1 aliphatic rings. The Bertz CT molecular complexity index is 819. The zero-order valence-electron chi connectivity index (χ0n) is 13.8. The van der Waals surface area contributed by atoms with Crippen LogP contribution in [0.4, 0.5) is 5.69 Å². The van der Waals surface area contributed by atoms with E-state index in [1.54, 1.807) is 35.2 Å². The van der Waals surface area contributed by atoms with Gasteiger partial charge in [-0.05, 0) is 55.3 Å². The summed E-state index contributed by atoms with van der Waals surface area (Å²) in [4.78, 5) is 26.8. The van der Waals surface area contributed by atoms with E-state index < -0.39 is 0 Å². The first-order chi connectivity index (χ1) is 12.4. The first-order valence-electron chi connectivity index (χ1n) is 8.25. The zero-order valence-corrected chi connectivity index (χ0v) is 16.9. The molecule has 136 valence electrons. The molecule has 0 bridgehead atoms. The van der Waals surface area contributed by atoms with Gasteiger partial charge in [0.25, 0.3) is 5.91 Å². The Morgan fingerprint density at radius 3 is 2.27 bits per heavy atom. The molecule has 0 saturated carbocycles. The van der Waals surface area contributed by atoms with Crippen LogP contribution in [-0.2, 0) is 4.79 Å². The van der Waals surface area contributed by atoms with Crippen molar-refractivity contribution in [2.75, 3.05) is 18.4 Å². The predicted octanol–water partition coefficient (Wildman–Crippen LogP) is 5.25. The minimum atomic E-state index is -0.126. The van der Waals surface area contributed by atoms with Crippen LogP contribution >= 0.6 is 39.1 Å². The fourth-order valence-electron chi connectivity index (χ4n) is 2.94. The van der Waals surface area contributed by atoms with Crippen molar-refractivity contribution in [3.63, 3.8) is 0 Å². The molecule has 1 aliphatic heterocycles. The number of amides is 2. The first kappa shape index (κ1) is 19.2. The number of carbonyl (C=O) groups is 2. The van der Waals surface area contributed by atoms with Gasteiger partial charge in [-0.25, -0.2) is 0 Å². The maximum Gasteiger partial charge on any atom is 0.253 e. The molecule has 1 heterocycles. The Morgan fingerprint density at radius 1 is 1.00 bits per heavy atom. The van der Waals surface area contributed by atoms with Gasteiger partial charge in [-0.3, -0.25) is 9.59 Å². The van der Waals surface area contributed by atoms with Crippen LogP contribution in [0.3, 0.4) is 0 Å². The number of carbonyl (C=O) groups excluding carboxylic acids is 2. The third-order valence-corrected chi connectivity index (χ3v) is 5.70. The molecule has 26 heavy (non-hydrogen) atoms. The van der Waals surface area contributed by atoms with E-state index in [1.807, 2.05) is 12.1 Å². The molecule has 0 unspecified atom stereocenters. The van der Waals surface area contributed by atoms with Crippen LogP contribution in [0.5, 0.6) is 0 Å². The number of hydrogen-bond donors (Lipinski definition) is 1. The van der Waals surface area contributed by atoms with Crippen molar-refractivity contribution in [2.24, 2.45) is 5.92 Å². The highest BCUT2D eigenvalue weighted by molar-refractivity contribution is 9.10. The lowest BCUT2D eigenvalue weighted by molar-refractivity contribution is -0.121. The van der Waals surface area contributed by atoms with Gasteiger partial charge >= 0.3 is 0 Å². The van der Waals surface area contributed by atoms with Gasteiger partial charge < -0.3 is 10.2 Å². The number of nitrogens with one attached hydrogen (secondary N) is 1. The summed E-state index contributed by atoms with van der Waals surface area (Å²) in [5.74, 6) is -0.182. The number of piperidine rings is 1. The molecule has 1 saturated heterocycles. The number of halogens is 3. The van der Waals surface area contributed by atoms with Crippen LogP contribution in [0, 0.1) is 5.92 Å². The Morgan fingerprint density at radius 2 is 1.65 bits per heavy atom. The predicted molar refractivity (Wildman–Crippen MR) is 108 cm³/mol. The van der Waals surface area contributed by atoms with Gasteiger partial charge in [-0.2, -0.15) is 0 Å². The van der Waals surface area contributed by atoms with Gasteiger partial charge in [0.15, 0.2) is 0 Å². The second kappa shape index (κ2) is 8.42. The Kier molecular flexibility index (Phi) is 6.22. The molecule has 2 amide bonds. The fraction of sp³-hybridized carbons (Fsp3) is 0.263. The minimum Gasteiger partial charge on any atom is -0.339 e. The van der Waals surface area contributed by atoms with Crippen molar-refractivity contribution in [1.29, 1.82) is 0 Å². The summed E-state index contributed by atoms with van der Waals surface area (Å²) < 4.78 is 0.937. The molecular formula is C19H17BrCl2N2O2. The van der Waals surface area contributed by atoms with Crippen LogP contribution < -0.4 is 5.32 Å². The number of rotatable bonds is 3. The van der Waals surface area contributed by atoms with Crippen LogP contribution in [-0.4, -0.2) is 29.8 Å². The summed E-state index contributed by atoms with van der Waals surface area (Å²) in [6, 6.07) is 12.3. The van der Waals surface area contributed by atoms with Crippen molar-refractivity contribution >= 4 is 56.6 Å². The maximum atomic E-state index is 12.5. The van der Waals surface area contributed by atoms with Gasteiger partial charge in [0.2, 0.25) is 5.91 Å². The molecule has 1 N–H and O–H groups in total. The molecule has 1 fully saturated rings. The molecule has 0 spiro atoms. The van der Waals surface area contributed by atoms with Crippen LogP contribution in [0.2, 0.25) is 10.0 Å². The standard InChI is InChI=1S/C19H17BrCl2N2O2/c20-14-3-1-13(2-4-14)19(26)24-9-7-12(8-10-24)18(25)23-15-5-6-16(21)17(22)11-15/h1-6,11-12H,7-10H2,(H,23,25). The molecule has 2 aromatic rings. The quantitative estimate of drug-likeness (QED) is 0.687. The molecule has 4 nitrogen and oxygen atoms in total. The van der Waals surface area contributed by atoms with Crippen LogP contribution in [0.25, 0.3) is 0 Å². The molecule has 0 radical (unpaired) electrons. The largest absolute Gasteiger partial charge is 0.339 e. The van der Waals surface area contributed by atoms with E-state index in [0.29, 0.717) is 47.2 Å². The highest BCUT2D eigenvalue weighted by Gasteiger charge is 2.28. The lowest BCUT2D eigenvalue weighted by Crippen LogP contribution is -2.41. The molecule has 0 atom stereocenters. The summed E-state index contributed by atoms with van der Waals surface area (Å²) in [6.07, 6.45) is 1.27. The van der Waals surface area contributed by atoms with E-state index in [9.17, 15) is 9.59 Å². The molecule has 3 rings (SSSR count). The normalized spacial score (nSPS) is 15.0. The van der Waals surface area contributed by atoms with E-state index in [4.69, 9.17) is 23.2 Å².